The van der Waals surface area contributed by atoms with Gasteiger partial charge in [0.25, 0.3) is 0 Å². The number of hydrogen-bond donors (Lipinski definition) is 4. The molecule has 37 heavy (non-hydrogen) atoms. The van der Waals surface area contributed by atoms with Gasteiger partial charge in [-0.3, -0.25) is 10.1 Å². The van der Waals surface area contributed by atoms with Crippen molar-refractivity contribution in [3.63, 3.8) is 0 Å². The summed E-state index contributed by atoms with van der Waals surface area (Å²) in [6.45, 7) is 4.35. The van der Waals surface area contributed by atoms with Crippen molar-refractivity contribution in [2.45, 2.75) is 64.7 Å². The highest BCUT2D eigenvalue weighted by molar-refractivity contribution is 7.09. The van der Waals surface area contributed by atoms with Gasteiger partial charge in [0, 0.05) is 22.4 Å². The number of thiophene rings is 1. The van der Waals surface area contributed by atoms with Gasteiger partial charge in [-0.25, -0.2) is 4.79 Å². The summed E-state index contributed by atoms with van der Waals surface area (Å²) in [6, 6.07) is 8.70. The Hall–Kier alpha value is -1.84. The fourth-order valence-corrected chi connectivity index (χ4v) is 7.44. The molecule has 4 N–H and O–H groups in total. The molecule has 2 fully saturated rings. The minimum atomic E-state index is -0.728. The largest absolute Gasteiger partial charge is 0.445 e. The molecule has 2 amide bonds. The Morgan fingerprint density at radius 2 is 1.95 bits per heavy atom. The van der Waals surface area contributed by atoms with Crippen molar-refractivity contribution in [2.24, 2.45) is 22.7 Å². The molecule has 2 aliphatic rings. The number of rotatable bonds is 7. The molecule has 0 unspecified atom stereocenters. The summed E-state index contributed by atoms with van der Waals surface area (Å²) < 4.78 is 5.86. The van der Waals surface area contributed by atoms with Crippen LogP contribution in [0.3, 0.4) is 0 Å². The Balaban J connectivity index is 1.45. The van der Waals surface area contributed by atoms with Crippen LogP contribution in [0.1, 0.15) is 50.8 Å². The molecule has 1 heterocycles. The number of ether oxygens (including phenoxy) is 1. The summed E-state index contributed by atoms with van der Waals surface area (Å²) in [4.78, 5) is 26.7. The van der Waals surface area contributed by atoms with E-state index in [0.29, 0.717) is 48.0 Å². The molecule has 0 aliphatic heterocycles. The minimum Gasteiger partial charge on any atom is -0.445 e. The average molecular weight is 570 g/mol. The van der Waals surface area contributed by atoms with Crippen LogP contribution in [0.25, 0.3) is 0 Å². The maximum Gasteiger partial charge on any atom is 0.411 e. The Bertz CT molecular complexity index is 1120. The van der Waals surface area contributed by atoms with Crippen molar-refractivity contribution in [3.8, 4) is 0 Å². The number of amides is 2. The molecule has 0 spiro atoms. The van der Waals surface area contributed by atoms with Crippen LogP contribution in [-0.2, 0) is 16.1 Å². The average Bonchev–Trinajstić information content (AvgIpc) is 3.38. The van der Waals surface area contributed by atoms with Crippen molar-refractivity contribution in [3.05, 3.63) is 50.6 Å². The van der Waals surface area contributed by atoms with Gasteiger partial charge < -0.3 is 20.3 Å². The molecule has 1 aromatic heterocycles. The third-order valence-corrected chi connectivity index (χ3v) is 10.2. The van der Waals surface area contributed by atoms with Gasteiger partial charge in [-0.15, -0.1) is 11.3 Å². The monoisotopic (exact) mass is 568 g/mol. The molecular weight excluding hydrogens is 535 g/mol. The Morgan fingerprint density at radius 1 is 1.16 bits per heavy atom. The maximum absolute atomic E-state index is 12.9. The zero-order valence-corrected chi connectivity index (χ0v) is 23.3. The zero-order valence-electron chi connectivity index (χ0n) is 21.0. The molecule has 0 saturated heterocycles. The van der Waals surface area contributed by atoms with E-state index in [1.807, 2.05) is 24.4 Å². The standard InChI is InChI=1S/C27H34Cl2N2O5S/c1-26-10-9-23(36-25(35)31-16-5-6-19(28)20(29)12-16)27(2,15-32)22(26)8-7-21(33)18(26)13-24(34)30-14-17-4-3-11-37-17/h3-6,11-12,18,21-23,32-33H,7-10,13-15H2,1-2H3,(H,30,34)(H,31,35)/t18-,21-,22-,23-,26+,27+/m1/s1. The number of benzene rings is 1. The molecule has 0 radical (unpaired) electrons. The van der Waals surface area contributed by atoms with Gasteiger partial charge in [-0.1, -0.05) is 43.1 Å². The lowest BCUT2D eigenvalue weighted by Crippen LogP contribution is -2.61. The number of nitrogens with one attached hydrogen (secondary N) is 2. The molecule has 4 rings (SSSR count). The number of aliphatic hydroxyl groups excluding tert-OH is 2. The van der Waals surface area contributed by atoms with Crippen LogP contribution >= 0.6 is 34.5 Å². The maximum atomic E-state index is 12.9. The highest BCUT2D eigenvalue weighted by atomic mass is 35.5. The van der Waals surface area contributed by atoms with E-state index in [1.54, 1.807) is 29.5 Å². The number of hydrogen-bond acceptors (Lipinski definition) is 6. The highest BCUT2D eigenvalue weighted by Crippen LogP contribution is 2.61. The second kappa shape index (κ2) is 11.5. The van der Waals surface area contributed by atoms with Gasteiger partial charge in [0.15, 0.2) is 0 Å². The molecule has 0 bridgehead atoms. The van der Waals surface area contributed by atoms with E-state index < -0.39 is 29.1 Å². The molecule has 2 saturated carbocycles. The van der Waals surface area contributed by atoms with Crippen molar-refractivity contribution < 1.29 is 24.5 Å². The number of carbonyl (C=O) groups excluding carboxylic acids is 2. The summed E-state index contributed by atoms with van der Waals surface area (Å²) in [7, 11) is 0. The van der Waals surface area contributed by atoms with E-state index in [-0.39, 0.29) is 30.8 Å². The first-order valence-electron chi connectivity index (χ1n) is 12.6. The van der Waals surface area contributed by atoms with Gasteiger partial charge in [0.05, 0.1) is 29.3 Å². The summed E-state index contributed by atoms with van der Waals surface area (Å²) in [6.07, 6.45) is 0.833. The third kappa shape index (κ3) is 5.93. The second-order valence-corrected chi connectivity index (χ2v) is 12.6. The summed E-state index contributed by atoms with van der Waals surface area (Å²) >= 11 is 13.6. The van der Waals surface area contributed by atoms with E-state index >= 15 is 0 Å². The van der Waals surface area contributed by atoms with Crippen molar-refractivity contribution in [2.75, 3.05) is 11.9 Å². The Labute approximate surface area is 231 Å². The molecule has 6 atom stereocenters. The number of halogens is 2. The van der Waals surface area contributed by atoms with Gasteiger partial charge >= 0.3 is 6.09 Å². The molecule has 2 aromatic rings. The van der Waals surface area contributed by atoms with E-state index in [9.17, 15) is 19.8 Å². The third-order valence-electron chi connectivity index (χ3n) is 8.54. The number of aliphatic hydroxyl groups is 2. The predicted molar refractivity (Wildman–Crippen MR) is 146 cm³/mol. The van der Waals surface area contributed by atoms with E-state index in [4.69, 9.17) is 27.9 Å². The fourth-order valence-electron chi connectivity index (χ4n) is 6.50. The molecule has 10 heteroatoms. The lowest BCUT2D eigenvalue weighted by Gasteiger charge is -2.60. The van der Waals surface area contributed by atoms with Gasteiger partial charge in [-0.2, -0.15) is 0 Å². The van der Waals surface area contributed by atoms with Crippen molar-refractivity contribution in [1.29, 1.82) is 0 Å². The SMILES string of the molecule is C[C@]1(CO)[C@@H]2CC[C@@H](O)[C@@H](CC(=O)NCc3cccs3)[C@]2(C)CC[C@H]1OC(=O)Nc1ccc(Cl)c(Cl)c1. The van der Waals surface area contributed by atoms with Crippen LogP contribution < -0.4 is 10.6 Å². The van der Waals surface area contributed by atoms with Crippen LogP contribution in [0.5, 0.6) is 0 Å². The van der Waals surface area contributed by atoms with Gasteiger partial charge in [0.2, 0.25) is 5.91 Å². The molecule has 2 aliphatic carbocycles. The topological polar surface area (TPSA) is 108 Å². The molecule has 1 aromatic carbocycles. The van der Waals surface area contributed by atoms with Crippen LogP contribution in [-0.4, -0.2) is 41.0 Å². The van der Waals surface area contributed by atoms with Crippen LogP contribution in [0.4, 0.5) is 10.5 Å². The first-order chi connectivity index (χ1) is 17.6. The van der Waals surface area contributed by atoms with Crippen molar-refractivity contribution in [1.82, 2.24) is 5.32 Å². The molecule has 202 valence electrons. The predicted octanol–water partition coefficient (Wildman–Crippen LogP) is 5.86. The summed E-state index contributed by atoms with van der Waals surface area (Å²) in [5.41, 5.74) is -0.663. The lowest BCUT2D eigenvalue weighted by atomic mass is 9.46. The number of fused-ring (bicyclic) bond motifs is 1. The lowest BCUT2D eigenvalue weighted by molar-refractivity contribution is -0.185. The zero-order chi connectivity index (χ0) is 26.8. The number of anilines is 1. The van der Waals surface area contributed by atoms with Gasteiger partial charge in [-0.05, 0) is 72.6 Å². The van der Waals surface area contributed by atoms with Crippen molar-refractivity contribution >= 4 is 52.2 Å². The van der Waals surface area contributed by atoms with Crippen LogP contribution in [0.2, 0.25) is 10.0 Å². The van der Waals surface area contributed by atoms with Crippen LogP contribution in [0.15, 0.2) is 35.7 Å². The molecule has 7 nitrogen and oxygen atoms in total. The normalized spacial score (nSPS) is 31.3. The molecular formula is C27H34Cl2N2O5S. The highest BCUT2D eigenvalue weighted by Gasteiger charge is 2.60. The Morgan fingerprint density at radius 3 is 2.62 bits per heavy atom. The summed E-state index contributed by atoms with van der Waals surface area (Å²) in [5, 5.41) is 29.9. The summed E-state index contributed by atoms with van der Waals surface area (Å²) in [5.74, 6) is -0.393. The number of carbonyl (C=O) groups is 2. The minimum absolute atomic E-state index is 0.0416. The van der Waals surface area contributed by atoms with E-state index in [1.165, 1.54) is 0 Å². The second-order valence-electron chi connectivity index (χ2n) is 10.7. The van der Waals surface area contributed by atoms with E-state index in [2.05, 4.69) is 17.6 Å². The smallest absolute Gasteiger partial charge is 0.411 e. The van der Waals surface area contributed by atoms with E-state index in [0.717, 1.165) is 4.88 Å². The van der Waals surface area contributed by atoms with Crippen LogP contribution in [0, 0.1) is 22.7 Å². The fraction of sp³-hybridized carbons (Fsp3) is 0.556. The quantitative estimate of drug-likeness (QED) is 0.334. The first-order valence-corrected chi connectivity index (χ1v) is 14.2. The Kier molecular flexibility index (Phi) is 8.75. The first kappa shape index (κ1) is 28.2. The van der Waals surface area contributed by atoms with Gasteiger partial charge in [0.1, 0.15) is 6.10 Å².